The number of amides is 3. The minimum absolute atomic E-state index is 0.00443. The van der Waals surface area contributed by atoms with E-state index < -0.39 is 46.3 Å². The van der Waals surface area contributed by atoms with E-state index in [4.69, 9.17) is 0 Å². The summed E-state index contributed by atoms with van der Waals surface area (Å²) in [4.78, 5) is 58.4. The molecule has 2 aromatic rings. The molecule has 3 aliphatic carbocycles. The van der Waals surface area contributed by atoms with E-state index in [0.717, 1.165) is 21.7 Å². The van der Waals surface area contributed by atoms with Gasteiger partial charge >= 0.3 is 5.97 Å². The number of nitrogens with zero attached hydrogens (tertiary/aromatic N) is 2. The molecule has 1 aromatic heterocycles. The number of carboxylic acid groups (broad SMARTS) is 1. The van der Waals surface area contributed by atoms with Crippen LogP contribution in [0.1, 0.15) is 57.7 Å². The van der Waals surface area contributed by atoms with E-state index in [2.05, 4.69) is 15.6 Å². The number of rotatable bonds is 8. The fraction of sp³-hybridized carbons (Fsp3) is 0.552. The molecule has 0 radical (unpaired) electrons. The van der Waals surface area contributed by atoms with Gasteiger partial charge in [0.05, 0.1) is 33.0 Å². The SMILES string of the molecule is Cc1ncsc1-c1ccc(CNC(=O)[C@@H]2C[C@@H](O)CN2C(=O)[C@@H](NC(=O)C23CC(C(=O)O)(C2)C3)C(C)(C)C)cc1. The van der Waals surface area contributed by atoms with E-state index in [0.29, 0.717) is 0 Å². The van der Waals surface area contributed by atoms with Gasteiger partial charge in [-0.1, -0.05) is 45.0 Å². The molecule has 1 aliphatic heterocycles. The first-order valence-electron chi connectivity index (χ1n) is 13.5. The van der Waals surface area contributed by atoms with Gasteiger partial charge in [-0.15, -0.1) is 11.3 Å². The third-order valence-electron chi connectivity index (χ3n) is 8.65. The number of carbonyl (C=O) groups is 4. The summed E-state index contributed by atoms with van der Waals surface area (Å²) >= 11 is 1.57. The van der Waals surface area contributed by atoms with Crippen LogP contribution in [-0.2, 0) is 25.7 Å². The van der Waals surface area contributed by atoms with Gasteiger partial charge < -0.3 is 25.7 Å². The fourth-order valence-electron chi connectivity index (χ4n) is 6.32. The summed E-state index contributed by atoms with van der Waals surface area (Å²) in [5, 5.41) is 25.6. The fourth-order valence-corrected chi connectivity index (χ4v) is 7.13. The average molecular weight is 569 g/mol. The number of aromatic nitrogens is 1. The molecule has 214 valence electrons. The largest absolute Gasteiger partial charge is 0.481 e. The van der Waals surface area contributed by atoms with Crippen LogP contribution in [0.2, 0.25) is 0 Å². The molecule has 3 saturated carbocycles. The number of β-amino-alcohol motifs (C(OH)–C–C–N with tert-alkyl or cyclic N) is 1. The Kier molecular flexibility index (Phi) is 7.02. The van der Waals surface area contributed by atoms with Crippen LogP contribution in [0.5, 0.6) is 0 Å². The highest BCUT2D eigenvalue weighted by atomic mass is 32.1. The zero-order chi connectivity index (χ0) is 29.0. The summed E-state index contributed by atoms with van der Waals surface area (Å²) in [6, 6.07) is 6.04. The van der Waals surface area contributed by atoms with Crippen molar-refractivity contribution in [3.05, 3.63) is 41.0 Å². The van der Waals surface area contributed by atoms with Crippen molar-refractivity contribution in [2.45, 2.75) is 78.1 Å². The number of aliphatic hydroxyl groups excluding tert-OH is 1. The smallest absolute Gasteiger partial charge is 0.309 e. The number of nitrogens with one attached hydrogen (secondary N) is 2. The highest BCUT2D eigenvalue weighted by Crippen LogP contribution is 2.73. The van der Waals surface area contributed by atoms with Gasteiger partial charge in [0, 0.05) is 19.5 Å². The van der Waals surface area contributed by atoms with Crippen LogP contribution in [-0.4, -0.2) is 68.5 Å². The van der Waals surface area contributed by atoms with Crippen molar-refractivity contribution in [1.29, 1.82) is 0 Å². The number of aliphatic carboxylic acids is 1. The quantitative estimate of drug-likeness (QED) is 0.382. The molecular weight excluding hydrogens is 532 g/mol. The summed E-state index contributed by atoms with van der Waals surface area (Å²) in [6.07, 6.45) is 0.0993. The second-order valence-electron chi connectivity index (χ2n) is 12.7. The molecular formula is C29H36N4O6S. The number of aryl methyl sites for hydroxylation is 1. The van der Waals surface area contributed by atoms with E-state index in [1.54, 1.807) is 11.3 Å². The van der Waals surface area contributed by atoms with E-state index in [9.17, 15) is 29.4 Å². The van der Waals surface area contributed by atoms with Crippen molar-refractivity contribution in [2.75, 3.05) is 6.54 Å². The second-order valence-corrected chi connectivity index (χ2v) is 13.6. The first kappa shape index (κ1) is 28.2. The Morgan fingerprint density at radius 3 is 2.33 bits per heavy atom. The zero-order valence-corrected chi connectivity index (χ0v) is 24.0. The highest BCUT2D eigenvalue weighted by Gasteiger charge is 2.75. The first-order chi connectivity index (χ1) is 18.7. The van der Waals surface area contributed by atoms with Crippen LogP contribution in [0.25, 0.3) is 10.4 Å². The molecule has 11 heteroatoms. The third kappa shape index (κ3) is 4.89. The van der Waals surface area contributed by atoms with Crippen molar-refractivity contribution >= 4 is 35.0 Å². The van der Waals surface area contributed by atoms with Gasteiger partial charge in [-0.2, -0.15) is 0 Å². The maximum absolute atomic E-state index is 13.8. The van der Waals surface area contributed by atoms with Gasteiger partial charge in [0.25, 0.3) is 0 Å². The molecule has 4 N–H and O–H groups in total. The van der Waals surface area contributed by atoms with Crippen LogP contribution in [0.3, 0.4) is 0 Å². The third-order valence-corrected chi connectivity index (χ3v) is 9.62. The lowest BCUT2D eigenvalue weighted by Gasteiger charge is -2.66. The summed E-state index contributed by atoms with van der Waals surface area (Å²) in [7, 11) is 0. The number of aliphatic hydroxyl groups is 1. The Balaban J connectivity index is 1.23. The Morgan fingerprint density at radius 2 is 1.77 bits per heavy atom. The Morgan fingerprint density at radius 1 is 1.12 bits per heavy atom. The molecule has 6 rings (SSSR count). The van der Waals surface area contributed by atoms with E-state index in [-0.39, 0.29) is 50.6 Å². The molecule has 0 unspecified atom stereocenters. The Hall–Kier alpha value is -3.31. The molecule has 2 bridgehead atoms. The number of carbonyl (C=O) groups excluding carboxylic acids is 3. The monoisotopic (exact) mass is 568 g/mol. The van der Waals surface area contributed by atoms with Gasteiger partial charge in [0.1, 0.15) is 12.1 Å². The topological polar surface area (TPSA) is 149 Å². The van der Waals surface area contributed by atoms with Crippen LogP contribution in [0.4, 0.5) is 0 Å². The molecule has 3 atom stereocenters. The van der Waals surface area contributed by atoms with Crippen LogP contribution in [0.15, 0.2) is 29.8 Å². The minimum Gasteiger partial charge on any atom is -0.481 e. The molecule has 4 fully saturated rings. The number of hydrogen-bond donors (Lipinski definition) is 4. The summed E-state index contributed by atoms with van der Waals surface area (Å²) in [5.74, 6) is -1.99. The summed E-state index contributed by atoms with van der Waals surface area (Å²) in [5.41, 5.74) is 2.51. The van der Waals surface area contributed by atoms with Crippen LogP contribution >= 0.6 is 11.3 Å². The second kappa shape index (κ2) is 9.95. The van der Waals surface area contributed by atoms with Gasteiger partial charge in [0.2, 0.25) is 17.7 Å². The molecule has 4 aliphatic rings. The lowest BCUT2D eigenvalue weighted by Crippen LogP contribution is -2.72. The molecule has 40 heavy (non-hydrogen) atoms. The van der Waals surface area contributed by atoms with Crippen LogP contribution < -0.4 is 10.6 Å². The van der Waals surface area contributed by atoms with E-state index >= 15 is 0 Å². The minimum atomic E-state index is -0.932. The Labute approximate surface area is 237 Å². The maximum Gasteiger partial charge on any atom is 0.309 e. The van der Waals surface area contributed by atoms with Gasteiger partial charge in [0.15, 0.2) is 0 Å². The molecule has 1 saturated heterocycles. The van der Waals surface area contributed by atoms with Crippen LogP contribution in [0, 0.1) is 23.2 Å². The number of carboxylic acids is 1. The van der Waals surface area contributed by atoms with E-state index in [1.807, 2.05) is 57.5 Å². The highest BCUT2D eigenvalue weighted by molar-refractivity contribution is 7.13. The average Bonchev–Trinajstić information content (AvgIpc) is 3.43. The standard InChI is InChI=1S/C29H36N4O6S/c1-16-21(40-15-31-16)18-7-5-17(6-8-18)10-30-23(35)20-9-19(34)11-33(20)24(36)22(27(2,3)4)32-25(37)28-12-29(13-28,14-28)26(38)39/h5-8,15,19-20,22,34H,9-14H2,1-4H3,(H,30,35)(H,32,37)(H,38,39)/t19-,20+,22-,28?,29?/m1/s1. The van der Waals surface area contributed by atoms with Crippen molar-refractivity contribution in [3.63, 3.8) is 0 Å². The van der Waals surface area contributed by atoms with Crippen molar-refractivity contribution in [3.8, 4) is 10.4 Å². The lowest BCUT2D eigenvalue weighted by atomic mass is 9.35. The molecule has 3 amide bonds. The van der Waals surface area contributed by atoms with Gasteiger partial charge in [-0.25, -0.2) is 4.98 Å². The zero-order valence-electron chi connectivity index (χ0n) is 23.2. The maximum atomic E-state index is 13.8. The lowest BCUT2D eigenvalue weighted by molar-refractivity contribution is -0.221. The summed E-state index contributed by atoms with van der Waals surface area (Å²) < 4.78 is 0. The molecule has 1 aromatic carbocycles. The first-order valence-corrected chi connectivity index (χ1v) is 14.4. The van der Waals surface area contributed by atoms with E-state index in [1.165, 1.54) is 4.90 Å². The normalized spacial score (nSPS) is 27.8. The Bertz CT molecular complexity index is 1330. The number of benzene rings is 1. The summed E-state index contributed by atoms with van der Waals surface area (Å²) in [6.45, 7) is 7.71. The number of hydrogen-bond acceptors (Lipinski definition) is 7. The van der Waals surface area contributed by atoms with Crippen molar-refractivity contribution < 1.29 is 29.4 Å². The molecule has 10 nitrogen and oxygen atoms in total. The number of thiazole rings is 1. The molecule has 0 spiro atoms. The van der Waals surface area contributed by atoms with Gasteiger partial charge in [-0.3, -0.25) is 19.2 Å². The van der Waals surface area contributed by atoms with Crippen molar-refractivity contribution in [2.24, 2.45) is 16.2 Å². The van der Waals surface area contributed by atoms with Gasteiger partial charge in [-0.05, 0) is 42.7 Å². The molecule has 2 heterocycles. The predicted octanol–water partition coefficient (Wildman–Crippen LogP) is 2.48. The number of likely N-dealkylation sites (tertiary alicyclic amines) is 1. The predicted molar refractivity (Wildman–Crippen MR) is 148 cm³/mol. The van der Waals surface area contributed by atoms with Crippen molar-refractivity contribution in [1.82, 2.24) is 20.5 Å².